The van der Waals surface area contributed by atoms with Gasteiger partial charge in [0.1, 0.15) is 11.5 Å². The smallest absolute Gasteiger partial charge is 0.310 e. The van der Waals surface area contributed by atoms with E-state index in [1.54, 1.807) is 18.3 Å². The normalized spacial score (nSPS) is 12.5. The van der Waals surface area contributed by atoms with E-state index in [9.17, 15) is 9.18 Å². The highest BCUT2D eigenvalue weighted by Gasteiger charge is 2.17. The number of aliphatic carboxylic acids is 1. The van der Waals surface area contributed by atoms with Crippen molar-refractivity contribution in [1.29, 1.82) is 0 Å². The average Bonchev–Trinajstić information content (AvgIpc) is 2.89. The van der Waals surface area contributed by atoms with E-state index in [1.165, 1.54) is 13.0 Å². The van der Waals surface area contributed by atoms with Gasteiger partial charge in [0, 0.05) is 18.0 Å². The lowest BCUT2D eigenvalue weighted by Crippen LogP contribution is -2.07. The number of imidazole rings is 1. The topological polar surface area (TPSA) is 54.6 Å². The highest BCUT2D eigenvalue weighted by Crippen LogP contribution is 2.26. The minimum absolute atomic E-state index is 0.361. The van der Waals surface area contributed by atoms with Crippen molar-refractivity contribution in [3.63, 3.8) is 0 Å². The summed E-state index contributed by atoms with van der Waals surface area (Å²) in [5.74, 6) is -2.19. The Morgan fingerprint density at radius 1 is 1.33 bits per heavy atom. The van der Waals surface area contributed by atoms with E-state index in [0.717, 1.165) is 5.65 Å². The summed E-state index contributed by atoms with van der Waals surface area (Å²) in [6.07, 6.45) is 3.58. The lowest BCUT2D eigenvalue weighted by atomic mass is 9.99. The first-order valence-corrected chi connectivity index (χ1v) is 6.52. The summed E-state index contributed by atoms with van der Waals surface area (Å²) in [6, 6.07) is 10.0. The Labute approximate surface area is 120 Å². The van der Waals surface area contributed by atoms with Crippen molar-refractivity contribution in [2.24, 2.45) is 0 Å². The van der Waals surface area contributed by atoms with Crippen LogP contribution < -0.4 is 0 Å². The van der Waals surface area contributed by atoms with E-state index in [0.29, 0.717) is 16.8 Å². The molecule has 0 aliphatic heterocycles. The Morgan fingerprint density at radius 3 is 2.81 bits per heavy atom. The molecule has 2 aromatic heterocycles. The zero-order valence-corrected chi connectivity index (χ0v) is 11.3. The molecule has 1 atom stereocenters. The third-order valence-corrected chi connectivity index (χ3v) is 3.50. The zero-order chi connectivity index (χ0) is 15.0. The van der Waals surface area contributed by atoms with Crippen LogP contribution in [0.3, 0.4) is 0 Å². The number of pyridine rings is 1. The van der Waals surface area contributed by atoms with E-state index in [-0.39, 0.29) is 0 Å². The molecule has 0 saturated carbocycles. The number of nitrogens with zero attached hydrogens (tertiary/aromatic N) is 2. The molecule has 0 saturated heterocycles. The highest BCUT2D eigenvalue weighted by molar-refractivity contribution is 5.76. The van der Waals surface area contributed by atoms with Crippen LogP contribution in [0.15, 0.2) is 48.8 Å². The molecule has 0 amide bonds. The number of hydrogen-bond donors (Lipinski definition) is 1. The van der Waals surface area contributed by atoms with E-state index in [4.69, 9.17) is 5.11 Å². The molecule has 1 aromatic carbocycles. The number of aromatic nitrogens is 2. The number of benzene rings is 1. The van der Waals surface area contributed by atoms with Gasteiger partial charge in [-0.15, -0.1) is 0 Å². The SMILES string of the molecule is CC(C(=O)O)c1ccc(-c2cn3ccccc3n2)c(F)c1. The van der Waals surface area contributed by atoms with E-state index in [1.807, 2.05) is 28.8 Å². The molecule has 0 radical (unpaired) electrons. The summed E-state index contributed by atoms with van der Waals surface area (Å²) in [5.41, 5.74) is 2.05. The maximum absolute atomic E-state index is 14.2. The summed E-state index contributed by atoms with van der Waals surface area (Å²) < 4.78 is 16.1. The first-order chi connectivity index (χ1) is 10.1. The van der Waals surface area contributed by atoms with Gasteiger partial charge in [-0.3, -0.25) is 4.79 Å². The summed E-state index contributed by atoms with van der Waals surface area (Å²) in [6.45, 7) is 1.53. The van der Waals surface area contributed by atoms with Gasteiger partial charge < -0.3 is 9.51 Å². The van der Waals surface area contributed by atoms with E-state index < -0.39 is 17.7 Å². The standard InChI is InChI=1S/C16H13FN2O2/c1-10(16(20)21)11-5-6-12(13(17)8-11)14-9-19-7-3-2-4-15(19)18-14/h2-10H,1H3,(H,20,21). The van der Waals surface area contributed by atoms with Crippen LogP contribution >= 0.6 is 0 Å². The second-order valence-electron chi connectivity index (χ2n) is 4.89. The Morgan fingerprint density at radius 2 is 2.14 bits per heavy atom. The van der Waals surface area contributed by atoms with Crippen LogP contribution in [0.1, 0.15) is 18.4 Å². The molecule has 106 valence electrons. The molecule has 4 nitrogen and oxygen atoms in total. The molecule has 2 heterocycles. The fraction of sp³-hybridized carbons (Fsp3) is 0.125. The number of rotatable bonds is 3. The minimum Gasteiger partial charge on any atom is -0.481 e. The lowest BCUT2D eigenvalue weighted by molar-refractivity contribution is -0.138. The van der Waals surface area contributed by atoms with Crippen molar-refractivity contribution >= 4 is 11.6 Å². The van der Waals surface area contributed by atoms with Crippen LogP contribution in [0.25, 0.3) is 16.9 Å². The summed E-state index contributed by atoms with van der Waals surface area (Å²) >= 11 is 0. The first kappa shape index (κ1) is 13.3. The number of hydrogen-bond acceptors (Lipinski definition) is 2. The Bertz CT molecular complexity index is 793. The van der Waals surface area contributed by atoms with Gasteiger partial charge in [0.25, 0.3) is 0 Å². The van der Waals surface area contributed by atoms with Crippen LogP contribution in [0.5, 0.6) is 0 Å². The molecule has 3 aromatic rings. The van der Waals surface area contributed by atoms with Crippen LogP contribution in [0.2, 0.25) is 0 Å². The second-order valence-corrected chi connectivity index (χ2v) is 4.89. The van der Waals surface area contributed by atoms with Crippen LogP contribution in [0.4, 0.5) is 4.39 Å². The Kier molecular flexibility index (Phi) is 3.17. The molecule has 0 spiro atoms. The van der Waals surface area contributed by atoms with Gasteiger partial charge in [-0.1, -0.05) is 12.1 Å². The van der Waals surface area contributed by atoms with Crippen molar-refractivity contribution in [3.8, 4) is 11.3 Å². The highest BCUT2D eigenvalue weighted by atomic mass is 19.1. The van der Waals surface area contributed by atoms with Gasteiger partial charge >= 0.3 is 5.97 Å². The number of carboxylic acids is 1. The first-order valence-electron chi connectivity index (χ1n) is 6.52. The quantitative estimate of drug-likeness (QED) is 0.802. The van der Waals surface area contributed by atoms with Crippen LogP contribution in [-0.2, 0) is 4.79 Å². The number of fused-ring (bicyclic) bond motifs is 1. The Hall–Kier alpha value is -2.69. The Balaban J connectivity index is 2.04. The molecule has 1 N–H and O–H groups in total. The molecule has 3 rings (SSSR count). The monoisotopic (exact) mass is 284 g/mol. The molecule has 0 fully saturated rings. The van der Waals surface area contributed by atoms with Crippen LogP contribution in [0, 0.1) is 5.82 Å². The van der Waals surface area contributed by atoms with Gasteiger partial charge in [-0.2, -0.15) is 0 Å². The molecule has 1 unspecified atom stereocenters. The van der Waals surface area contributed by atoms with Gasteiger partial charge in [-0.05, 0) is 36.8 Å². The van der Waals surface area contributed by atoms with Gasteiger partial charge in [0.2, 0.25) is 0 Å². The van der Waals surface area contributed by atoms with Crippen molar-refractivity contribution in [2.75, 3.05) is 0 Å². The van der Waals surface area contributed by atoms with Crippen molar-refractivity contribution in [3.05, 3.63) is 60.2 Å². The average molecular weight is 284 g/mol. The molecule has 21 heavy (non-hydrogen) atoms. The van der Waals surface area contributed by atoms with Crippen LogP contribution in [-0.4, -0.2) is 20.5 Å². The second kappa shape index (κ2) is 5.01. The summed E-state index contributed by atoms with van der Waals surface area (Å²) in [5, 5.41) is 8.97. The van der Waals surface area contributed by atoms with Crippen molar-refractivity contribution in [1.82, 2.24) is 9.38 Å². The van der Waals surface area contributed by atoms with Crippen molar-refractivity contribution in [2.45, 2.75) is 12.8 Å². The summed E-state index contributed by atoms with van der Waals surface area (Å²) in [7, 11) is 0. The van der Waals surface area contributed by atoms with Crippen molar-refractivity contribution < 1.29 is 14.3 Å². The third kappa shape index (κ3) is 2.38. The number of carbonyl (C=O) groups is 1. The van der Waals surface area contributed by atoms with E-state index in [2.05, 4.69) is 4.98 Å². The fourth-order valence-electron chi connectivity index (χ4n) is 2.22. The number of halogens is 1. The van der Waals surface area contributed by atoms with E-state index >= 15 is 0 Å². The molecule has 0 aliphatic carbocycles. The van der Waals surface area contributed by atoms with Gasteiger partial charge in [-0.25, -0.2) is 9.37 Å². The number of carboxylic acid groups (broad SMARTS) is 1. The predicted molar refractivity (Wildman–Crippen MR) is 76.6 cm³/mol. The van der Waals surface area contributed by atoms with Gasteiger partial charge in [0.15, 0.2) is 0 Å². The molecule has 0 aliphatic rings. The maximum Gasteiger partial charge on any atom is 0.310 e. The minimum atomic E-state index is -0.977. The molecule has 0 bridgehead atoms. The summed E-state index contributed by atoms with van der Waals surface area (Å²) in [4.78, 5) is 15.3. The lowest BCUT2D eigenvalue weighted by Gasteiger charge is -2.08. The molecular weight excluding hydrogens is 271 g/mol. The fourth-order valence-corrected chi connectivity index (χ4v) is 2.22. The van der Waals surface area contributed by atoms with Gasteiger partial charge in [0.05, 0.1) is 11.6 Å². The molecule has 5 heteroatoms. The largest absolute Gasteiger partial charge is 0.481 e. The predicted octanol–water partition coefficient (Wildman–Crippen LogP) is 3.33. The zero-order valence-electron chi connectivity index (χ0n) is 11.3. The third-order valence-electron chi connectivity index (χ3n) is 3.50. The maximum atomic E-state index is 14.2. The molecular formula is C16H13FN2O2.